The number of rotatable bonds is 5. The number of carbonyl (C=O) groups is 2. The molecule has 74 valence electrons. The predicted molar refractivity (Wildman–Crippen MR) is 47.2 cm³/mol. The van der Waals surface area contributed by atoms with Crippen LogP contribution in [0.5, 0.6) is 0 Å². The number of hydrogen-bond donors (Lipinski definition) is 0. The summed E-state index contributed by atoms with van der Waals surface area (Å²) in [6, 6.07) is 0. The second-order valence-corrected chi connectivity index (χ2v) is 2.37. The first kappa shape index (κ1) is 12.0. The molecule has 0 amide bonds. The fourth-order valence-corrected chi connectivity index (χ4v) is 0.609. The van der Waals surface area contributed by atoms with Gasteiger partial charge in [-0.2, -0.15) is 0 Å². The lowest BCUT2D eigenvalue weighted by molar-refractivity contribution is -0.182. The summed E-state index contributed by atoms with van der Waals surface area (Å²) in [4.78, 5) is 21.4. The molecule has 0 aromatic carbocycles. The second kappa shape index (κ2) is 6.48. The van der Waals surface area contributed by atoms with E-state index in [0.717, 1.165) is 6.08 Å². The molecule has 1 atom stereocenters. The first-order valence-corrected chi connectivity index (χ1v) is 4.26. The molecule has 0 radical (unpaired) electrons. The highest BCUT2D eigenvalue weighted by atomic mass is 35.5. The minimum absolute atomic E-state index is 0.262. The van der Waals surface area contributed by atoms with Gasteiger partial charge < -0.3 is 9.47 Å². The van der Waals surface area contributed by atoms with Crippen molar-refractivity contribution in [3.8, 4) is 0 Å². The van der Waals surface area contributed by atoms with E-state index in [-0.39, 0.29) is 5.88 Å². The summed E-state index contributed by atoms with van der Waals surface area (Å²) in [7, 11) is 0. The van der Waals surface area contributed by atoms with Crippen LogP contribution in [0.25, 0.3) is 0 Å². The Morgan fingerprint density at radius 2 is 2.15 bits per heavy atom. The van der Waals surface area contributed by atoms with Crippen molar-refractivity contribution in [2.45, 2.75) is 19.6 Å². The average Bonchev–Trinajstić information content (AvgIpc) is 2.16. The lowest BCUT2D eigenvalue weighted by Crippen LogP contribution is -2.23. The van der Waals surface area contributed by atoms with E-state index in [2.05, 4.69) is 16.1 Å². The Labute approximate surface area is 81.5 Å². The predicted octanol–water partition coefficient (Wildman–Crippen LogP) is 1.23. The Morgan fingerprint density at radius 3 is 2.54 bits per heavy atom. The van der Waals surface area contributed by atoms with Crippen LogP contribution in [0, 0.1) is 0 Å². The molecule has 0 aliphatic heterocycles. The molecule has 0 spiro atoms. The minimum atomic E-state index is -0.878. The molecule has 0 aromatic heterocycles. The van der Waals surface area contributed by atoms with Crippen LogP contribution in [-0.4, -0.2) is 24.1 Å². The van der Waals surface area contributed by atoms with E-state index in [0.29, 0.717) is 6.42 Å². The van der Waals surface area contributed by atoms with Crippen molar-refractivity contribution < 1.29 is 19.1 Å². The molecule has 13 heavy (non-hydrogen) atoms. The van der Waals surface area contributed by atoms with Crippen molar-refractivity contribution >= 4 is 23.5 Å². The van der Waals surface area contributed by atoms with Crippen molar-refractivity contribution in [3.63, 3.8) is 0 Å². The first-order valence-electron chi connectivity index (χ1n) is 3.72. The second-order valence-electron chi connectivity index (χ2n) is 2.10. The number of alkyl halides is 1. The lowest BCUT2D eigenvalue weighted by Gasteiger charge is -2.14. The molecule has 0 aliphatic carbocycles. The molecule has 0 heterocycles. The number of halogens is 1. The van der Waals surface area contributed by atoms with Gasteiger partial charge in [0.25, 0.3) is 0 Å². The van der Waals surface area contributed by atoms with Gasteiger partial charge in [-0.05, 0) is 0 Å². The van der Waals surface area contributed by atoms with Crippen molar-refractivity contribution in [2.24, 2.45) is 0 Å². The van der Waals surface area contributed by atoms with Crippen LogP contribution < -0.4 is 0 Å². The highest BCUT2D eigenvalue weighted by molar-refractivity contribution is 6.26. The van der Waals surface area contributed by atoms with E-state index in [1.807, 2.05) is 0 Å². The van der Waals surface area contributed by atoms with Crippen LogP contribution in [0.3, 0.4) is 0 Å². The monoisotopic (exact) mass is 206 g/mol. The zero-order valence-electron chi connectivity index (χ0n) is 7.29. The SMILES string of the molecule is C=CC(=O)OC(CC)OC(=O)CCl. The van der Waals surface area contributed by atoms with Crippen molar-refractivity contribution in [1.82, 2.24) is 0 Å². The van der Waals surface area contributed by atoms with Crippen LogP contribution >= 0.6 is 11.6 Å². The summed E-state index contributed by atoms with van der Waals surface area (Å²) in [6.45, 7) is 4.92. The third kappa shape index (κ3) is 5.25. The fourth-order valence-electron chi connectivity index (χ4n) is 0.546. The Bertz CT molecular complexity index is 202. The van der Waals surface area contributed by atoms with E-state index >= 15 is 0 Å². The summed E-state index contributed by atoms with van der Waals surface area (Å²) < 4.78 is 9.32. The number of ether oxygens (including phenoxy) is 2. The Morgan fingerprint density at radius 1 is 1.54 bits per heavy atom. The number of hydrogen-bond acceptors (Lipinski definition) is 4. The van der Waals surface area contributed by atoms with Crippen molar-refractivity contribution in [2.75, 3.05) is 5.88 Å². The van der Waals surface area contributed by atoms with E-state index in [4.69, 9.17) is 11.6 Å². The van der Waals surface area contributed by atoms with E-state index in [9.17, 15) is 9.59 Å². The fraction of sp³-hybridized carbons (Fsp3) is 0.500. The van der Waals surface area contributed by atoms with Crippen LogP contribution in [-0.2, 0) is 19.1 Å². The van der Waals surface area contributed by atoms with Gasteiger partial charge in [0, 0.05) is 12.5 Å². The van der Waals surface area contributed by atoms with Gasteiger partial charge in [0.05, 0.1) is 0 Å². The molecule has 5 heteroatoms. The molecule has 0 aliphatic rings. The molecular weight excluding hydrogens is 196 g/mol. The van der Waals surface area contributed by atoms with Gasteiger partial charge in [-0.1, -0.05) is 13.5 Å². The van der Waals surface area contributed by atoms with Crippen LogP contribution in [0.4, 0.5) is 0 Å². The molecule has 4 nitrogen and oxygen atoms in total. The van der Waals surface area contributed by atoms with E-state index in [1.165, 1.54) is 0 Å². The highest BCUT2D eigenvalue weighted by Crippen LogP contribution is 2.02. The molecule has 0 rings (SSSR count). The van der Waals surface area contributed by atoms with Crippen LogP contribution in [0.1, 0.15) is 13.3 Å². The highest BCUT2D eigenvalue weighted by Gasteiger charge is 2.14. The van der Waals surface area contributed by atoms with Gasteiger partial charge in [0.15, 0.2) is 0 Å². The normalized spacial score (nSPS) is 11.5. The summed E-state index contributed by atoms with van der Waals surface area (Å²) in [5.41, 5.74) is 0. The van der Waals surface area contributed by atoms with Crippen molar-refractivity contribution in [1.29, 1.82) is 0 Å². The topological polar surface area (TPSA) is 52.6 Å². The quantitative estimate of drug-likeness (QED) is 0.294. The van der Waals surface area contributed by atoms with Gasteiger partial charge >= 0.3 is 11.9 Å². The van der Waals surface area contributed by atoms with E-state index < -0.39 is 18.2 Å². The Hall–Kier alpha value is -1.03. The van der Waals surface area contributed by atoms with Gasteiger partial charge in [0.2, 0.25) is 6.29 Å². The summed E-state index contributed by atoms with van der Waals surface area (Å²) in [6.07, 6.45) is 0.496. The molecule has 1 unspecified atom stereocenters. The summed E-state index contributed by atoms with van der Waals surface area (Å²) >= 11 is 5.19. The molecule has 0 fully saturated rings. The average molecular weight is 207 g/mol. The van der Waals surface area contributed by atoms with E-state index in [1.54, 1.807) is 6.92 Å². The number of esters is 2. The molecule has 0 aromatic rings. The third-order valence-electron chi connectivity index (χ3n) is 1.12. The summed E-state index contributed by atoms with van der Waals surface area (Å²) in [5.74, 6) is -1.51. The number of carbonyl (C=O) groups excluding carboxylic acids is 2. The van der Waals surface area contributed by atoms with Crippen LogP contribution in [0.2, 0.25) is 0 Å². The van der Waals surface area contributed by atoms with Crippen molar-refractivity contribution in [3.05, 3.63) is 12.7 Å². The molecule has 0 saturated carbocycles. The maximum atomic E-state index is 10.7. The van der Waals surface area contributed by atoms with Gasteiger partial charge in [-0.25, -0.2) is 4.79 Å². The van der Waals surface area contributed by atoms with Gasteiger partial charge in [-0.15, -0.1) is 11.6 Å². The molecular formula is C8H11ClO4. The Kier molecular flexibility index (Phi) is 5.97. The largest absolute Gasteiger partial charge is 0.424 e. The first-order chi connectivity index (χ1) is 6.13. The smallest absolute Gasteiger partial charge is 0.333 e. The minimum Gasteiger partial charge on any atom is -0.424 e. The maximum absolute atomic E-state index is 10.7. The van der Waals surface area contributed by atoms with Gasteiger partial charge in [-0.3, -0.25) is 4.79 Å². The molecule has 0 bridgehead atoms. The van der Waals surface area contributed by atoms with Gasteiger partial charge in [0.1, 0.15) is 5.88 Å². The maximum Gasteiger partial charge on any atom is 0.333 e. The third-order valence-corrected chi connectivity index (χ3v) is 1.34. The zero-order valence-corrected chi connectivity index (χ0v) is 8.04. The van der Waals surface area contributed by atoms with Crippen LogP contribution in [0.15, 0.2) is 12.7 Å². The zero-order chi connectivity index (χ0) is 10.3. The lowest BCUT2D eigenvalue weighted by atomic mass is 10.4. The Balaban J connectivity index is 3.95. The standard InChI is InChI=1S/C8H11ClO4/c1-3-6(10)12-8(4-2)13-7(11)5-9/h3,8H,1,4-5H2,2H3. The molecule has 0 N–H and O–H groups in total. The molecule has 0 saturated heterocycles. The summed E-state index contributed by atoms with van der Waals surface area (Å²) in [5, 5.41) is 0.